The fraction of sp³-hybridized carbons (Fsp3) is 0.680. The molecule has 3 rings (SSSR count). The second-order valence-corrected chi connectivity index (χ2v) is 10.3. The van der Waals surface area contributed by atoms with Crippen LogP contribution in [-0.2, 0) is 15.1 Å². The summed E-state index contributed by atoms with van der Waals surface area (Å²) in [5.74, 6) is 0.219. The molecule has 8 heteroatoms. The van der Waals surface area contributed by atoms with E-state index in [1.165, 1.54) is 0 Å². The van der Waals surface area contributed by atoms with Gasteiger partial charge in [0.25, 0.3) is 5.91 Å². The standard InChI is InChI=1S/C25H39N5O3/c1-16(2)20-15-19(21-17(3)28-30(22(21)27-20)25(4,5)6)24(32)29-12-9-18(10-13-29)23(31)26-11-8-14-33-7/h15-16,18H,8-14H2,1-7H3,(H,26,31). The largest absolute Gasteiger partial charge is 0.385 e. The summed E-state index contributed by atoms with van der Waals surface area (Å²) in [6.45, 7) is 14.8. The highest BCUT2D eigenvalue weighted by molar-refractivity contribution is 6.06. The Morgan fingerprint density at radius 2 is 1.91 bits per heavy atom. The molecule has 1 aliphatic heterocycles. The van der Waals surface area contributed by atoms with Crippen molar-refractivity contribution in [3.63, 3.8) is 0 Å². The van der Waals surface area contributed by atoms with Gasteiger partial charge in [0, 0.05) is 45.0 Å². The van der Waals surface area contributed by atoms with Crippen LogP contribution in [0.4, 0.5) is 0 Å². The quantitative estimate of drug-likeness (QED) is 0.642. The Bertz CT molecular complexity index is 998. The lowest BCUT2D eigenvalue weighted by molar-refractivity contribution is -0.126. The normalized spacial score (nSPS) is 15.5. The van der Waals surface area contributed by atoms with Gasteiger partial charge in [-0.15, -0.1) is 0 Å². The van der Waals surface area contributed by atoms with Gasteiger partial charge in [-0.2, -0.15) is 5.10 Å². The summed E-state index contributed by atoms with van der Waals surface area (Å²) in [5.41, 5.74) is 2.89. The zero-order valence-corrected chi connectivity index (χ0v) is 21.2. The first-order valence-electron chi connectivity index (χ1n) is 12.0. The van der Waals surface area contributed by atoms with Crippen molar-refractivity contribution >= 4 is 22.8 Å². The number of aryl methyl sites for hydroxylation is 1. The summed E-state index contributed by atoms with van der Waals surface area (Å²) in [6.07, 6.45) is 2.15. The van der Waals surface area contributed by atoms with E-state index in [-0.39, 0.29) is 29.2 Å². The van der Waals surface area contributed by atoms with E-state index in [4.69, 9.17) is 14.8 Å². The fourth-order valence-electron chi connectivity index (χ4n) is 4.33. The Kier molecular flexibility index (Phi) is 7.77. The number of fused-ring (bicyclic) bond motifs is 1. The molecular weight excluding hydrogens is 418 g/mol. The van der Waals surface area contributed by atoms with Crippen LogP contribution in [-0.4, -0.2) is 64.8 Å². The van der Waals surface area contributed by atoms with Gasteiger partial charge in [0.1, 0.15) is 0 Å². The number of pyridine rings is 1. The predicted octanol–water partition coefficient (Wildman–Crippen LogP) is 3.62. The predicted molar refractivity (Wildman–Crippen MR) is 129 cm³/mol. The zero-order valence-electron chi connectivity index (χ0n) is 21.2. The first-order valence-corrected chi connectivity index (χ1v) is 12.0. The summed E-state index contributed by atoms with van der Waals surface area (Å²) in [5, 5.41) is 8.57. The fourth-order valence-corrected chi connectivity index (χ4v) is 4.33. The van der Waals surface area contributed by atoms with Gasteiger partial charge in [0.2, 0.25) is 5.91 Å². The minimum atomic E-state index is -0.246. The highest BCUT2D eigenvalue weighted by Crippen LogP contribution is 2.30. The van der Waals surface area contributed by atoms with E-state index in [1.807, 2.05) is 22.6 Å². The molecule has 2 amide bonds. The molecule has 0 spiro atoms. The second-order valence-electron chi connectivity index (χ2n) is 10.3. The van der Waals surface area contributed by atoms with Crippen molar-refractivity contribution in [1.82, 2.24) is 25.0 Å². The smallest absolute Gasteiger partial charge is 0.254 e. The van der Waals surface area contributed by atoms with Crippen LogP contribution in [0.15, 0.2) is 6.07 Å². The number of piperidine rings is 1. The van der Waals surface area contributed by atoms with Gasteiger partial charge >= 0.3 is 0 Å². The Labute approximate surface area is 197 Å². The number of carbonyl (C=O) groups is 2. The van der Waals surface area contributed by atoms with Crippen LogP contribution in [0.3, 0.4) is 0 Å². The maximum absolute atomic E-state index is 13.7. The van der Waals surface area contributed by atoms with E-state index in [2.05, 4.69) is 39.9 Å². The van der Waals surface area contributed by atoms with Crippen molar-refractivity contribution in [2.45, 2.75) is 72.3 Å². The second kappa shape index (κ2) is 10.2. The van der Waals surface area contributed by atoms with Gasteiger partial charge in [-0.25, -0.2) is 9.67 Å². The highest BCUT2D eigenvalue weighted by Gasteiger charge is 2.31. The molecule has 0 aliphatic carbocycles. The van der Waals surface area contributed by atoms with Crippen molar-refractivity contribution in [2.75, 3.05) is 33.4 Å². The maximum atomic E-state index is 13.7. The van der Waals surface area contributed by atoms with E-state index >= 15 is 0 Å². The summed E-state index contributed by atoms with van der Waals surface area (Å²) < 4.78 is 6.96. The van der Waals surface area contributed by atoms with Gasteiger partial charge in [-0.3, -0.25) is 9.59 Å². The maximum Gasteiger partial charge on any atom is 0.254 e. The summed E-state index contributed by atoms with van der Waals surface area (Å²) in [6, 6.07) is 1.94. The molecule has 1 N–H and O–H groups in total. The summed E-state index contributed by atoms with van der Waals surface area (Å²) >= 11 is 0. The van der Waals surface area contributed by atoms with Crippen molar-refractivity contribution in [1.29, 1.82) is 0 Å². The van der Waals surface area contributed by atoms with E-state index in [0.717, 1.165) is 28.8 Å². The number of nitrogens with one attached hydrogen (secondary N) is 1. The van der Waals surface area contributed by atoms with Crippen molar-refractivity contribution in [3.05, 3.63) is 23.0 Å². The molecule has 0 atom stereocenters. The van der Waals surface area contributed by atoms with Gasteiger partial charge in [-0.05, 0) is 58.9 Å². The topological polar surface area (TPSA) is 89.3 Å². The summed E-state index contributed by atoms with van der Waals surface area (Å²) in [4.78, 5) is 32.9. The van der Waals surface area contributed by atoms with Crippen molar-refractivity contribution < 1.29 is 14.3 Å². The minimum absolute atomic E-state index is 0.000174. The van der Waals surface area contributed by atoms with E-state index < -0.39 is 0 Å². The molecule has 2 aromatic rings. The molecule has 1 saturated heterocycles. The van der Waals surface area contributed by atoms with Gasteiger partial charge < -0.3 is 15.0 Å². The monoisotopic (exact) mass is 457 g/mol. The third kappa shape index (κ3) is 5.54. The SMILES string of the molecule is COCCCNC(=O)C1CCN(C(=O)c2cc(C(C)C)nc3c2c(C)nn3C(C)(C)C)CC1. The number of carbonyl (C=O) groups excluding carboxylic acids is 2. The first-order chi connectivity index (χ1) is 15.5. The van der Waals surface area contributed by atoms with Crippen LogP contribution in [0.2, 0.25) is 0 Å². The lowest BCUT2D eigenvalue weighted by atomic mass is 9.94. The number of likely N-dealkylation sites (tertiary alicyclic amines) is 1. The zero-order chi connectivity index (χ0) is 24.3. The molecule has 8 nitrogen and oxygen atoms in total. The third-order valence-corrected chi connectivity index (χ3v) is 6.27. The Balaban J connectivity index is 1.82. The molecule has 1 aliphatic rings. The summed E-state index contributed by atoms with van der Waals surface area (Å²) in [7, 11) is 1.66. The average molecular weight is 458 g/mol. The first kappa shape index (κ1) is 25.1. The molecule has 2 aromatic heterocycles. The van der Waals surface area contributed by atoms with Crippen molar-refractivity contribution in [3.8, 4) is 0 Å². The molecule has 3 heterocycles. The number of nitrogens with zero attached hydrogens (tertiary/aromatic N) is 4. The van der Waals surface area contributed by atoms with Crippen LogP contribution >= 0.6 is 0 Å². The number of methoxy groups -OCH3 is 1. The molecule has 182 valence electrons. The molecule has 0 saturated carbocycles. The number of rotatable bonds is 7. The van der Waals surface area contributed by atoms with Crippen LogP contribution < -0.4 is 5.32 Å². The lowest BCUT2D eigenvalue weighted by Gasteiger charge is -2.31. The Morgan fingerprint density at radius 3 is 2.48 bits per heavy atom. The van der Waals surface area contributed by atoms with E-state index in [0.29, 0.717) is 44.6 Å². The van der Waals surface area contributed by atoms with Gasteiger partial charge in [-0.1, -0.05) is 13.8 Å². The number of amides is 2. The molecule has 1 fully saturated rings. The Hall–Kier alpha value is -2.48. The third-order valence-electron chi connectivity index (χ3n) is 6.27. The molecular formula is C25H39N5O3. The Morgan fingerprint density at radius 1 is 1.24 bits per heavy atom. The number of aromatic nitrogens is 3. The van der Waals surface area contributed by atoms with Crippen LogP contribution in [0.25, 0.3) is 11.0 Å². The van der Waals surface area contributed by atoms with Crippen molar-refractivity contribution in [2.24, 2.45) is 5.92 Å². The molecule has 0 unspecified atom stereocenters. The highest BCUT2D eigenvalue weighted by atomic mass is 16.5. The average Bonchev–Trinajstić information content (AvgIpc) is 3.12. The molecule has 0 radical (unpaired) electrons. The molecule has 0 aromatic carbocycles. The molecule has 33 heavy (non-hydrogen) atoms. The number of ether oxygens (including phenoxy) is 1. The minimum Gasteiger partial charge on any atom is -0.385 e. The van der Waals surface area contributed by atoms with Crippen LogP contribution in [0.5, 0.6) is 0 Å². The van der Waals surface area contributed by atoms with E-state index in [9.17, 15) is 9.59 Å². The van der Waals surface area contributed by atoms with Gasteiger partial charge in [0.15, 0.2) is 5.65 Å². The number of hydrogen-bond donors (Lipinski definition) is 1. The van der Waals surface area contributed by atoms with Crippen LogP contribution in [0.1, 0.15) is 81.5 Å². The van der Waals surface area contributed by atoms with Crippen LogP contribution in [0, 0.1) is 12.8 Å². The van der Waals surface area contributed by atoms with Gasteiger partial charge in [0.05, 0.1) is 22.2 Å². The lowest BCUT2D eigenvalue weighted by Crippen LogP contribution is -2.43. The van der Waals surface area contributed by atoms with E-state index in [1.54, 1.807) is 7.11 Å². The molecule has 0 bridgehead atoms. The number of hydrogen-bond acceptors (Lipinski definition) is 5.